The highest BCUT2D eigenvalue weighted by Crippen LogP contribution is 2.38. The van der Waals surface area contributed by atoms with E-state index in [4.69, 9.17) is 5.11 Å². The minimum absolute atomic E-state index is 0.200. The van der Waals surface area contributed by atoms with Crippen LogP contribution < -0.4 is 0 Å². The molecule has 1 rings (SSSR count). The molecule has 0 aliphatic rings. The van der Waals surface area contributed by atoms with Gasteiger partial charge in [-0.05, 0) is 23.6 Å². The van der Waals surface area contributed by atoms with Crippen LogP contribution in [0.4, 0.5) is 4.39 Å². The van der Waals surface area contributed by atoms with E-state index in [1.165, 1.54) is 12.1 Å². The van der Waals surface area contributed by atoms with Crippen molar-refractivity contribution in [3.63, 3.8) is 0 Å². The third-order valence-electron chi connectivity index (χ3n) is 3.42. The highest BCUT2D eigenvalue weighted by atomic mass is 19.1. The Bertz CT molecular complexity index is 398. The first kappa shape index (κ1) is 13.6. The second-order valence-electron chi connectivity index (χ2n) is 4.84. The lowest BCUT2D eigenvalue weighted by atomic mass is 9.72. The predicted octanol–water partition coefficient (Wildman–Crippen LogP) is 2.40. The van der Waals surface area contributed by atoms with Crippen LogP contribution in [0.25, 0.3) is 0 Å². The first-order valence-electron chi connectivity index (χ1n) is 5.43. The van der Waals surface area contributed by atoms with Gasteiger partial charge in [-0.15, -0.1) is 0 Å². The van der Waals surface area contributed by atoms with Crippen LogP contribution in [-0.2, 0) is 4.79 Å². The molecule has 2 N–H and O–H groups in total. The lowest BCUT2D eigenvalue weighted by molar-refractivity contribution is -0.154. The summed E-state index contributed by atoms with van der Waals surface area (Å²) >= 11 is 0. The third kappa shape index (κ3) is 2.82. The molecule has 2 unspecified atom stereocenters. The minimum Gasteiger partial charge on any atom is -0.479 e. The fraction of sp³-hybridized carbons (Fsp3) is 0.462. The molecule has 0 bridgehead atoms. The van der Waals surface area contributed by atoms with E-state index >= 15 is 0 Å². The molecule has 4 heteroatoms. The van der Waals surface area contributed by atoms with E-state index in [9.17, 15) is 14.3 Å². The van der Waals surface area contributed by atoms with Gasteiger partial charge in [-0.25, -0.2) is 9.18 Å². The largest absolute Gasteiger partial charge is 0.479 e. The van der Waals surface area contributed by atoms with E-state index < -0.39 is 17.5 Å². The Hall–Kier alpha value is -1.42. The van der Waals surface area contributed by atoms with Crippen LogP contribution in [0.1, 0.15) is 32.3 Å². The highest BCUT2D eigenvalue weighted by molar-refractivity contribution is 5.73. The van der Waals surface area contributed by atoms with Gasteiger partial charge in [0, 0.05) is 5.41 Å². The molecule has 0 aliphatic heterocycles. The first-order chi connectivity index (χ1) is 7.76. The average Bonchev–Trinajstić information content (AvgIpc) is 2.27. The van der Waals surface area contributed by atoms with Crippen molar-refractivity contribution in [2.24, 2.45) is 5.41 Å². The number of aliphatic hydroxyl groups is 1. The number of rotatable bonds is 4. The van der Waals surface area contributed by atoms with E-state index in [1.54, 1.807) is 26.0 Å². The number of aliphatic hydroxyl groups excluding tert-OH is 1. The molecule has 0 radical (unpaired) electrons. The van der Waals surface area contributed by atoms with Gasteiger partial charge in [0.2, 0.25) is 0 Å². The summed E-state index contributed by atoms with van der Waals surface area (Å²) in [6, 6.07) is 5.87. The maximum Gasteiger partial charge on any atom is 0.333 e. The standard InChI is InChI=1S/C13H17FO3/c1-8(9-4-6-10(14)7-5-9)13(2,3)11(15)12(16)17/h4-8,11,15H,1-3H3,(H,16,17). The van der Waals surface area contributed by atoms with Gasteiger partial charge in [0.25, 0.3) is 0 Å². The zero-order valence-corrected chi connectivity index (χ0v) is 10.1. The van der Waals surface area contributed by atoms with Crippen molar-refractivity contribution in [1.29, 1.82) is 0 Å². The molecular formula is C13H17FO3. The lowest BCUT2D eigenvalue weighted by Crippen LogP contribution is -2.40. The smallest absolute Gasteiger partial charge is 0.333 e. The Morgan fingerprint density at radius 3 is 2.18 bits per heavy atom. The van der Waals surface area contributed by atoms with Crippen LogP contribution >= 0.6 is 0 Å². The molecule has 1 aromatic carbocycles. The number of benzene rings is 1. The number of carboxylic acid groups (broad SMARTS) is 1. The SMILES string of the molecule is CC(c1ccc(F)cc1)C(C)(C)C(O)C(=O)O. The second-order valence-corrected chi connectivity index (χ2v) is 4.84. The molecule has 0 aromatic heterocycles. The van der Waals surface area contributed by atoms with Crippen molar-refractivity contribution in [1.82, 2.24) is 0 Å². The molecule has 0 amide bonds. The van der Waals surface area contributed by atoms with Gasteiger partial charge in [0.05, 0.1) is 0 Å². The second kappa shape index (κ2) is 4.84. The maximum absolute atomic E-state index is 12.8. The average molecular weight is 240 g/mol. The van der Waals surface area contributed by atoms with Crippen molar-refractivity contribution in [2.75, 3.05) is 0 Å². The van der Waals surface area contributed by atoms with Crippen LogP contribution in [0.3, 0.4) is 0 Å². The number of hydrogen-bond acceptors (Lipinski definition) is 2. The van der Waals surface area contributed by atoms with E-state index in [1.807, 2.05) is 6.92 Å². The molecule has 2 atom stereocenters. The Morgan fingerprint density at radius 2 is 1.76 bits per heavy atom. The van der Waals surface area contributed by atoms with Crippen LogP contribution in [0.2, 0.25) is 0 Å². The summed E-state index contributed by atoms with van der Waals surface area (Å²) in [5.74, 6) is -1.78. The Morgan fingerprint density at radius 1 is 1.29 bits per heavy atom. The van der Waals surface area contributed by atoms with Crippen LogP contribution in [0, 0.1) is 11.2 Å². The quantitative estimate of drug-likeness (QED) is 0.849. The van der Waals surface area contributed by atoms with E-state index in [0.717, 1.165) is 5.56 Å². The van der Waals surface area contributed by atoms with Gasteiger partial charge in [-0.2, -0.15) is 0 Å². The molecule has 0 spiro atoms. The van der Waals surface area contributed by atoms with Crippen molar-refractivity contribution < 1.29 is 19.4 Å². The molecular weight excluding hydrogens is 223 g/mol. The van der Waals surface area contributed by atoms with Gasteiger partial charge in [0.15, 0.2) is 6.10 Å². The van der Waals surface area contributed by atoms with Crippen molar-refractivity contribution in [2.45, 2.75) is 32.8 Å². The van der Waals surface area contributed by atoms with Gasteiger partial charge >= 0.3 is 5.97 Å². The lowest BCUT2D eigenvalue weighted by Gasteiger charge is -2.34. The monoisotopic (exact) mass is 240 g/mol. The van der Waals surface area contributed by atoms with Gasteiger partial charge in [0.1, 0.15) is 5.82 Å². The van der Waals surface area contributed by atoms with Gasteiger partial charge in [-0.1, -0.05) is 32.9 Å². The Labute approximate surface area is 99.9 Å². The summed E-state index contributed by atoms with van der Waals surface area (Å²) in [6.45, 7) is 5.18. The molecule has 0 saturated carbocycles. The number of hydrogen-bond donors (Lipinski definition) is 2. The zero-order valence-electron chi connectivity index (χ0n) is 10.1. The van der Waals surface area contributed by atoms with Crippen molar-refractivity contribution in [3.8, 4) is 0 Å². The molecule has 17 heavy (non-hydrogen) atoms. The summed E-state index contributed by atoms with van der Waals surface area (Å²) in [6.07, 6.45) is -1.46. The summed E-state index contributed by atoms with van der Waals surface area (Å²) in [7, 11) is 0. The topological polar surface area (TPSA) is 57.5 Å². The first-order valence-corrected chi connectivity index (χ1v) is 5.43. The summed E-state index contributed by atoms with van der Waals surface area (Å²) < 4.78 is 12.8. The summed E-state index contributed by atoms with van der Waals surface area (Å²) in [4.78, 5) is 10.8. The molecule has 3 nitrogen and oxygen atoms in total. The number of carbonyl (C=O) groups is 1. The normalized spacial score (nSPS) is 15.4. The predicted molar refractivity (Wildman–Crippen MR) is 62.2 cm³/mol. The highest BCUT2D eigenvalue weighted by Gasteiger charge is 2.38. The Balaban J connectivity index is 2.99. The molecule has 0 fully saturated rings. The van der Waals surface area contributed by atoms with Crippen molar-refractivity contribution in [3.05, 3.63) is 35.6 Å². The zero-order chi connectivity index (χ0) is 13.2. The fourth-order valence-corrected chi connectivity index (χ4v) is 1.74. The van der Waals surface area contributed by atoms with E-state index in [0.29, 0.717) is 0 Å². The fourth-order valence-electron chi connectivity index (χ4n) is 1.74. The number of carboxylic acids is 1. The van der Waals surface area contributed by atoms with E-state index in [2.05, 4.69) is 0 Å². The molecule has 0 heterocycles. The van der Waals surface area contributed by atoms with Gasteiger partial charge in [-0.3, -0.25) is 0 Å². The maximum atomic E-state index is 12.8. The molecule has 0 aliphatic carbocycles. The molecule has 0 saturated heterocycles. The molecule has 1 aromatic rings. The van der Waals surface area contributed by atoms with Crippen LogP contribution in [0.15, 0.2) is 24.3 Å². The third-order valence-corrected chi connectivity index (χ3v) is 3.42. The Kier molecular flexibility index (Phi) is 3.88. The molecule has 94 valence electrons. The van der Waals surface area contributed by atoms with E-state index in [-0.39, 0.29) is 11.7 Å². The minimum atomic E-state index is -1.46. The van der Waals surface area contributed by atoms with Crippen LogP contribution in [0.5, 0.6) is 0 Å². The van der Waals surface area contributed by atoms with Crippen molar-refractivity contribution >= 4 is 5.97 Å². The van der Waals surface area contributed by atoms with Gasteiger partial charge < -0.3 is 10.2 Å². The summed E-state index contributed by atoms with van der Waals surface area (Å²) in [5.41, 5.74) is -0.0272. The number of aliphatic carboxylic acids is 1. The van der Waals surface area contributed by atoms with Crippen LogP contribution in [-0.4, -0.2) is 22.3 Å². The summed E-state index contributed by atoms with van der Waals surface area (Å²) in [5, 5.41) is 18.5. The number of halogens is 1.